The van der Waals surface area contributed by atoms with E-state index >= 15 is 0 Å². The second kappa shape index (κ2) is 7.93. The van der Waals surface area contributed by atoms with Gasteiger partial charge in [-0.3, -0.25) is 4.98 Å². The summed E-state index contributed by atoms with van der Waals surface area (Å²) in [7, 11) is 1.68. The summed E-state index contributed by atoms with van der Waals surface area (Å²) in [6, 6.07) is 11.5. The number of benzene rings is 1. The number of methoxy groups -OCH3 is 1. The summed E-state index contributed by atoms with van der Waals surface area (Å²) in [6.07, 6.45) is 3.40. The van der Waals surface area contributed by atoms with Crippen molar-refractivity contribution in [2.24, 2.45) is 0 Å². The number of nitrogens with zero attached hydrogens (tertiary/aromatic N) is 6. The van der Waals surface area contributed by atoms with E-state index in [9.17, 15) is 5.11 Å². The lowest BCUT2D eigenvalue weighted by atomic mass is 9.87. The number of fused-ring (bicyclic) bond motifs is 3. The Kier molecular flexibility index (Phi) is 5.05. The molecule has 1 aliphatic carbocycles. The molecule has 9 heteroatoms. The highest BCUT2D eigenvalue weighted by molar-refractivity contribution is 5.78. The molecule has 0 atom stereocenters. The quantitative estimate of drug-likeness (QED) is 0.482. The van der Waals surface area contributed by atoms with Gasteiger partial charge in [0.05, 0.1) is 36.9 Å². The predicted molar refractivity (Wildman–Crippen MR) is 123 cm³/mol. The lowest BCUT2D eigenvalue weighted by Crippen LogP contribution is -2.18. The van der Waals surface area contributed by atoms with E-state index in [-0.39, 0.29) is 5.95 Å². The summed E-state index contributed by atoms with van der Waals surface area (Å²) in [4.78, 5) is 13.6. The van der Waals surface area contributed by atoms with Crippen molar-refractivity contribution in [1.29, 1.82) is 0 Å². The first-order valence-electron chi connectivity index (χ1n) is 10.8. The molecule has 3 N–H and O–H groups in total. The molecule has 0 saturated carbocycles. The number of nitrogens with two attached hydrogens (primary N) is 1. The van der Waals surface area contributed by atoms with Gasteiger partial charge in [-0.2, -0.15) is 0 Å². The lowest BCUT2D eigenvalue weighted by Gasteiger charge is -2.22. The molecule has 9 nitrogen and oxygen atoms in total. The summed E-state index contributed by atoms with van der Waals surface area (Å²) in [5.74, 6) is 1.04. The van der Waals surface area contributed by atoms with Gasteiger partial charge in [-0.15, -0.1) is 5.10 Å². The Labute approximate surface area is 191 Å². The molecule has 0 unspecified atom stereocenters. The largest absolute Gasteiger partial charge is 0.496 e. The Hall–Kier alpha value is -3.85. The minimum Gasteiger partial charge on any atom is -0.496 e. The zero-order valence-corrected chi connectivity index (χ0v) is 18.8. The average Bonchev–Trinajstić information content (AvgIpc) is 3.25. The molecule has 4 aromatic rings. The first-order valence-corrected chi connectivity index (χ1v) is 10.8. The summed E-state index contributed by atoms with van der Waals surface area (Å²) >= 11 is 0. The third-order valence-corrected chi connectivity index (χ3v) is 5.80. The molecule has 3 aromatic heterocycles. The van der Waals surface area contributed by atoms with Crippen LogP contribution in [0.4, 0.5) is 5.95 Å². The molecule has 5 rings (SSSR count). The maximum atomic E-state index is 10.2. The van der Waals surface area contributed by atoms with Crippen molar-refractivity contribution in [3.8, 4) is 28.4 Å². The monoisotopic (exact) mass is 443 g/mol. The standard InChI is InChI=1S/C24H25N7O2/c1-24(2,32)20-9-4-6-14(26-20)12-31-13-18(29-30-31)22-17-11-10-15-16(7-5-8-19(15)33-3)21(17)27-23(25)28-22/h4-9,13,32H,10-12H2,1-3H3,(H2,25,27,28). The molecular formula is C24H25N7O2. The van der Waals surface area contributed by atoms with Crippen LogP contribution in [0.5, 0.6) is 5.75 Å². The molecule has 0 bridgehead atoms. The van der Waals surface area contributed by atoms with Crippen molar-refractivity contribution in [3.63, 3.8) is 0 Å². The molecule has 0 fully saturated rings. The molecule has 168 valence electrons. The lowest BCUT2D eigenvalue weighted by molar-refractivity contribution is 0.0736. The van der Waals surface area contributed by atoms with Crippen LogP contribution < -0.4 is 10.5 Å². The van der Waals surface area contributed by atoms with Crippen LogP contribution in [0.25, 0.3) is 22.6 Å². The number of hydrogen-bond acceptors (Lipinski definition) is 8. The van der Waals surface area contributed by atoms with Crippen LogP contribution in [0.3, 0.4) is 0 Å². The van der Waals surface area contributed by atoms with Crippen LogP contribution in [0, 0.1) is 0 Å². The number of nitrogen functional groups attached to an aromatic ring is 1. The smallest absolute Gasteiger partial charge is 0.221 e. The van der Waals surface area contributed by atoms with Gasteiger partial charge in [0.25, 0.3) is 0 Å². The zero-order valence-electron chi connectivity index (χ0n) is 18.8. The minimum atomic E-state index is -1.01. The van der Waals surface area contributed by atoms with Gasteiger partial charge in [0, 0.05) is 16.7 Å². The number of ether oxygens (including phenoxy) is 1. The van der Waals surface area contributed by atoms with Crippen molar-refractivity contribution in [2.75, 3.05) is 12.8 Å². The molecule has 0 saturated heterocycles. The zero-order chi connectivity index (χ0) is 23.2. The highest BCUT2D eigenvalue weighted by Crippen LogP contribution is 2.40. The van der Waals surface area contributed by atoms with Crippen molar-refractivity contribution < 1.29 is 9.84 Å². The van der Waals surface area contributed by atoms with E-state index in [0.29, 0.717) is 23.6 Å². The molecule has 1 aromatic carbocycles. The predicted octanol–water partition coefficient (Wildman–Crippen LogP) is 2.76. The number of aliphatic hydroxyl groups is 1. The van der Waals surface area contributed by atoms with Crippen molar-refractivity contribution in [2.45, 2.75) is 38.8 Å². The summed E-state index contributed by atoms with van der Waals surface area (Å²) in [6.45, 7) is 3.84. The van der Waals surface area contributed by atoms with E-state index < -0.39 is 5.60 Å². The number of aromatic nitrogens is 6. The second-order valence-corrected chi connectivity index (χ2v) is 8.62. The van der Waals surface area contributed by atoms with Crippen molar-refractivity contribution in [3.05, 3.63) is 65.1 Å². The topological polar surface area (TPSA) is 125 Å². The van der Waals surface area contributed by atoms with Gasteiger partial charge in [0.1, 0.15) is 22.7 Å². The Bertz CT molecular complexity index is 1340. The average molecular weight is 444 g/mol. The van der Waals surface area contributed by atoms with Gasteiger partial charge in [-0.05, 0) is 44.9 Å². The number of anilines is 1. The van der Waals surface area contributed by atoms with E-state index in [1.165, 1.54) is 0 Å². The van der Waals surface area contributed by atoms with Gasteiger partial charge in [0.15, 0.2) is 0 Å². The van der Waals surface area contributed by atoms with Gasteiger partial charge in [-0.25, -0.2) is 14.6 Å². The molecule has 0 radical (unpaired) electrons. The van der Waals surface area contributed by atoms with Crippen molar-refractivity contribution >= 4 is 5.95 Å². The SMILES string of the molecule is COc1cccc2c1CCc1c(-c3cn(Cc4cccc(C(C)(C)O)n4)nn3)nc(N)nc1-2. The fraction of sp³-hybridized carbons (Fsp3) is 0.292. The Morgan fingerprint density at radius 3 is 2.58 bits per heavy atom. The Morgan fingerprint density at radius 1 is 1.03 bits per heavy atom. The molecule has 3 heterocycles. The van der Waals surface area contributed by atoms with E-state index in [1.54, 1.807) is 31.7 Å². The summed E-state index contributed by atoms with van der Waals surface area (Å²) in [5, 5.41) is 18.9. The van der Waals surface area contributed by atoms with E-state index in [4.69, 9.17) is 10.5 Å². The van der Waals surface area contributed by atoms with Crippen LogP contribution >= 0.6 is 0 Å². The fourth-order valence-electron chi connectivity index (χ4n) is 4.22. The van der Waals surface area contributed by atoms with Gasteiger partial charge in [0.2, 0.25) is 5.95 Å². The third-order valence-electron chi connectivity index (χ3n) is 5.80. The molecule has 33 heavy (non-hydrogen) atoms. The normalized spacial score (nSPS) is 12.8. The first kappa shape index (κ1) is 21.0. The van der Waals surface area contributed by atoms with Gasteiger partial charge in [-0.1, -0.05) is 23.4 Å². The Morgan fingerprint density at radius 2 is 1.79 bits per heavy atom. The second-order valence-electron chi connectivity index (χ2n) is 8.62. The van der Waals surface area contributed by atoms with Crippen LogP contribution in [0.15, 0.2) is 42.6 Å². The molecular weight excluding hydrogens is 418 g/mol. The number of hydrogen-bond donors (Lipinski definition) is 2. The van der Waals surface area contributed by atoms with Crippen molar-refractivity contribution in [1.82, 2.24) is 29.9 Å². The van der Waals surface area contributed by atoms with Gasteiger partial charge < -0.3 is 15.6 Å². The van der Waals surface area contributed by atoms with Crippen LogP contribution in [-0.2, 0) is 25.0 Å². The highest BCUT2D eigenvalue weighted by atomic mass is 16.5. The van der Waals surface area contributed by atoms with Crippen LogP contribution in [0.2, 0.25) is 0 Å². The van der Waals surface area contributed by atoms with Crippen LogP contribution in [-0.4, -0.2) is 42.2 Å². The molecule has 0 aliphatic heterocycles. The number of rotatable bonds is 5. The van der Waals surface area contributed by atoms with E-state index in [2.05, 4.69) is 25.3 Å². The highest BCUT2D eigenvalue weighted by Gasteiger charge is 2.26. The fourth-order valence-corrected chi connectivity index (χ4v) is 4.22. The molecule has 1 aliphatic rings. The summed E-state index contributed by atoms with van der Waals surface area (Å²) < 4.78 is 7.24. The van der Waals surface area contributed by atoms with Crippen LogP contribution in [0.1, 0.15) is 36.4 Å². The minimum absolute atomic E-state index is 0.188. The van der Waals surface area contributed by atoms with E-state index in [1.807, 2.05) is 36.5 Å². The Balaban J connectivity index is 1.51. The first-order chi connectivity index (χ1) is 15.8. The van der Waals surface area contributed by atoms with E-state index in [0.717, 1.165) is 46.7 Å². The summed E-state index contributed by atoms with van der Waals surface area (Å²) in [5.41, 5.74) is 11.7. The maximum Gasteiger partial charge on any atom is 0.221 e. The third kappa shape index (κ3) is 3.91. The molecule has 0 spiro atoms. The maximum absolute atomic E-state index is 10.2. The molecule has 0 amide bonds. The number of pyridine rings is 1. The van der Waals surface area contributed by atoms with Gasteiger partial charge >= 0.3 is 0 Å².